The topological polar surface area (TPSA) is 69.3 Å². The third-order valence-electron chi connectivity index (χ3n) is 1.60. The summed E-state index contributed by atoms with van der Waals surface area (Å²) in [4.78, 5) is 2.04. The molecule has 0 spiro atoms. The van der Waals surface area contributed by atoms with Gasteiger partial charge >= 0.3 is 0 Å². The number of nitriles is 2. The van der Waals surface area contributed by atoms with E-state index in [9.17, 15) is 0 Å². The molecule has 0 saturated carbocycles. The molecule has 0 saturated heterocycles. The fourth-order valence-electron chi connectivity index (χ4n) is 0.869. The number of hydrogen-bond acceptors (Lipinski definition) is 5. The maximum atomic E-state index is 8.11. The molecule has 0 rings (SSSR count). The third-order valence-corrected chi connectivity index (χ3v) is 1.60. The van der Waals surface area contributed by atoms with E-state index in [2.05, 4.69) is 9.47 Å². The Hall–Kier alpha value is -1.46. The van der Waals surface area contributed by atoms with Crippen molar-refractivity contribution in [3.8, 4) is 12.5 Å². The van der Waals surface area contributed by atoms with Crippen LogP contribution in [-0.2, 0) is 9.47 Å². The molecule has 0 heterocycles. The minimum atomic E-state index is 0.386. The number of likely N-dealkylation sites (N-methyl/N-ethyl adjacent to an activating group) is 1. The van der Waals surface area contributed by atoms with Gasteiger partial charge in [0.1, 0.15) is 13.2 Å². The lowest BCUT2D eigenvalue weighted by molar-refractivity contribution is 0.158. The van der Waals surface area contributed by atoms with Gasteiger partial charge in [-0.15, -0.1) is 0 Å². The largest absolute Gasteiger partial charge is 0.426 e. The highest BCUT2D eigenvalue weighted by atomic mass is 16.5. The van der Waals surface area contributed by atoms with E-state index in [1.54, 1.807) is 12.5 Å². The molecule has 0 aliphatic carbocycles. The highest BCUT2D eigenvalue weighted by Crippen LogP contribution is 1.88. The normalized spacial score (nSPS) is 8.92. The van der Waals surface area contributed by atoms with E-state index < -0.39 is 0 Å². The quantitative estimate of drug-likeness (QED) is 0.419. The van der Waals surface area contributed by atoms with Crippen molar-refractivity contribution in [2.45, 2.75) is 6.92 Å². The van der Waals surface area contributed by atoms with E-state index in [-0.39, 0.29) is 0 Å². The van der Waals surface area contributed by atoms with Crippen molar-refractivity contribution in [3.05, 3.63) is 0 Å². The average Bonchev–Trinajstić information content (AvgIpc) is 2.16. The summed E-state index contributed by atoms with van der Waals surface area (Å²) in [6.45, 7) is 4.98. The molecule has 72 valence electrons. The van der Waals surface area contributed by atoms with Gasteiger partial charge in [-0.3, -0.25) is 4.90 Å². The first kappa shape index (κ1) is 11.5. The minimum absolute atomic E-state index is 0.386. The standard InChI is InChI=1S/C8H13N3O2/c1-2-11(3-5-12-7-9)4-6-13-8-10/h2-6H2,1H3. The van der Waals surface area contributed by atoms with Crippen LogP contribution >= 0.6 is 0 Å². The molecule has 13 heavy (non-hydrogen) atoms. The van der Waals surface area contributed by atoms with Crippen LogP contribution in [0.1, 0.15) is 6.92 Å². The van der Waals surface area contributed by atoms with E-state index in [0.717, 1.165) is 6.54 Å². The predicted molar refractivity (Wildman–Crippen MR) is 45.2 cm³/mol. The second kappa shape index (κ2) is 8.63. The Morgan fingerprint density at radius 3 is 1.85 bits per heavy atom. The van der Waals surface area contributed by atoms with E-state index in [1.165, 1.54) is 0 Å². The van der Waals surface area contributed by atoms with Crippen molar-refractivity contribution >= 4 is 0 Å². The van der Waals surface area contributed by atoms with E-state index >= 15 is 0 Å². The first-order valence-electron chi connectivity index (χ1n) is 4.09. The van der Waals surface area contributed by atoms with Crippen molar-refractivity contribution in [1.82, 2.24) is 4.90 Å². The highest BCUT2D eigenvalue weighted by molar-refractivity contribution is 4.58. The van der Waals surface area contributed by atoms with Gasteiger partial charge in [-0.2, -0.15) is 10.5 Å². The zero-order valence-electron chi connectivity index (χ0n) is 7.69. The Bertz CT molecular complexity index is 175. The van der Waals surface area contributed by atoms with Gasteiger partial charge in [0.2, 0.25) is 0 Å². The summed E-state index contributed by atoms with van der Waals surface area (Å²) in [5.74, 6) is 0. The van der Waals surface area contributed by atoms with Crippen LogP contribution in [0.4, 0.5) is 0 Å². The second-order valence-corrected chi connectivity index (χ2v) is 2.31. The van der Waals surface area contributed by atoms with Crippen LogP contribution in [0, 0.1) is 23.0 Å². The Morgan fingerprint density at radius 1 is 1.08 bits per heavy atom. The van der Waals surface area contributed by atoms with Crippen LogP contribution in [-0.4, -0.2) is 37.7 Å². The van der Waals surface area contributed by atoms with Gasteiger partial charge in [0.05, 0.1) is 0 Å². The monoisotopic (exact) mass is 183 g/mol. The number of hydrogen-bond donors (Lipinski definition) is 0. The number of rotatable bonds is 7. The summed E-state index contributed by atoms with van der Waals surface area (Å²) in [6, 6.07) is 0. The Balaban J connectivity index is 3.41. The fourth-order valence-corrected chi connectivity index (χ4v) is 0.869. The Labute approximate surface area is 78.1 Å². The number of nitrogens with zero attached hydrogens (tertiary/aromatic N) is 3. The molecule has 0 amide bonds. The summed E-state index contributed by atoms with van der Waals surface area (Å²) in [5.41, 5.74) is 0. The van der Waals surface area contributed by atoms with Crippen molar-refractivity contribution in [2.24, 2.45) is 0 Å². The lowest BCUT2D eigenvalue weighted by atomic mass is 10.5. The van der Waals surface area contributed by atoms with E-state index in [0.29, 0.717) is 26.3 Å². The van der Waals surface area contributed by atoms with Crippen molar-refractivity contribution in [1.29, 1.82) is 10.5 Å². The Morgan fingerprint density at radius 2 is 1.54 bits per heavy atom. The molecule has 0 fully saturated rings. The van der Waals surface area contributed by atoms with Crippen LogP contribution in [0.2, 0.25) is 0 Å². The lowest BCUT2D eigenvalue weighted by Crippen LogP contribution is -2.30. The van der Waals surface area contributed by atoms with Crippen molar-refractivity contribution < 1.29 is 9.47 Å². The van der Waals surface area contributed by atoms with Crippen LogP contribution in [0.3, 0.4) is 0 Å². The van der Waals surface area contributed by atoms with Gasteiger partial charge in [-0.25, -0.2) is 0 Å². The van der Waals surface area contributed by atoms with E-state index in [1.807, 2.05) is 11.8 Å². The average molecular weight is 183 g/mol. The van der Waals surface area contributed by atoms with Crippen molar-refractivity contribution in [3.63, 3.8) is 0 Å². The molecule has 0 aliphatic heterocycles. The predicted octanol–water partition coefficient (Wildman–Crippen LogP) is 0.304. The zero-order chi connectivity index (χ0) is 9.94. The van der Waals surface area contributed by atoms with Gasteiger partial charge < -0.3 is 9.47 Å². The lowest BCUT2D eigenvalue weighted by Gasteiger charge is -2.17. The molecular formula is C8H13N3O2. The SMILES string of the molecule is CCN(CCOC#N)CCOC#N. The first-order chi connectivity index (χ1) is 6.35. The summed E-state index contributed by atoms with van der Waals surface area (Å²) < 4.78 is 9.06. The van der Waals surface area contributed by atoms with Crippen LogP contribution in [0.25, 0.3) is 0 Å². The molecule has 0 aliphatic rings. The van der Waals surface area contributed by atoms with Gasteiger partial charge in [-0.1, -0.05) is 6.92 Å². The molecule has 0 aromatic carbocycles. The maximum Gasteiger partial charge on any atom is 0.286 e. The molecule has 5 nitrogen and oxygen atoms in total. The zero-order valence-corrected chi connectivity index (χ0v) is 7.69. The summed E-state index contributed by atoms with van der Waals surface area (Å²) in [6.07, 6.45) is 3.21. The molecule has 0 radical (unpaired) electrons. The van der Waals surface area contributed by atoms with Gasteiger partial charge in [0.25, 0.3) is 12.5 Å². The molecule has 5 heteroatoms. The van der Waals surface area contributed by atoms with Gasteiger partial charge in [-0.05, 0) is 6.54 Å². The van der Waals surface area contributed by atoms with Gasteiger partial charge in [0, 0.05) is 13.1 Å². The van der Waals surface area contributed by atoms with Crippen LogP contribution in [0.5, 0.6) is 0 Å². The van der Waals surface area contributed by atoms with Gasteiger partial charge in [0.15, 0.2) is 0 Å². The molecule has 0 atom stereocenters. The van der Waals surface area contributed by atoms with Crippen LogP contribution in [0.15, 0.2) is 0 Å². The Kier molecular flexibility index (Phi) is 7.67. The number of ether oxygens (including phenoxy) is 2. The van der Waals surface area contributed by atoms with E-state index in [4.69, 9.17) is 10.5 Å². The first-order valence-corrected chi connectivity index (χ1v) is 4.09. The summed E-state index contributed by atoms with van der Waals surface area (Å²) in [5, 5.41) is 16.2. The van der Waals surface area contributed by atoms with Crippen LogP contribution < -0.4 is 0 Å². The molecular weight excluding hydrogens is 170 g/mol. The minimum Gasteiger partial charge on any atom is -0.426 e. The smallest absolute Gasteiger partial charge is 0.286 e. The summed E-state index contributed by atoms with van der Waals surface area (Å²) >= 11 is 0. The van der Waals surface area contributed by atoms with Crippen molar-refractivity contribution in [2.75, 3.05) is 32.8 Å². The highest BCUT2D eigenvalue weighted by Gasteiger charge is 2.01. The molecule has 0 aromatic rings. The molecule has 0 bridgehead atoms. The fraction of sp³-hybridized carbons (Fsp3) is 0.750. The molecule has 0 aromatic heterocycles. The summed E-state index contributed by atoms with van der Waals surface area (Å²) in [7, 11) is 0. The molecule has 0 N–H and O–H groups in total. The second-order valence-electron chi connectivity index (χ2n) is 2.31. The molecule has 0 unspecified atom stereocenters. The third kappa shape index (κ3) is 6.92. The maximum absolute atomic E-state index is 8.11.